The lowest BCUT2D eigenvalue weighted by molar-refractivity contribution is -0.141. The van der Waals surface area contributed by atoms with Gasteiger partial charge in [0.1, 0.15) is 17.8 Å². The van der Waals surface area contributed by atoms with Crippen molar-refractivity contribution in [2.45, 2.75) is 46.8 Å². The van der Waals surface area contributed by atoms with Crippen molar-refractivity contribution >= 4 is 11.8 Å². The fourth-order valence-electron chi connectivity index (χ4n) is 4.25. The second-order valence-electron chi connectivity index (χ2n) is 9.59. The van der Waals surface area contributed by atoms with Crippen molar-refractivity contribution in [2.24, 2.45) is 5.41 Å². The monoisotopic (exact) mass is 479 g/mol. The third-order valence-corrected chi connectivity index (χ3v) is 5.90. The molecule has 1 N–H and O–H groups in total. The van der Waals surface area contributed by atoms with E-state index in [1.54, 1.807) is 6.07 Å². The van der Waals surface area contributed by atoms with Crippen LogP contribution in [0.1, 0.15) is 66.8 Å². The number of oxazole rings is 1. The van der Waals surface area contributed by atoms with Crippen LogP contribution in [0.3, 0.4) is 0 Å². The minimum absolute atomic E-state index is 0.00130. The Balaban J connectivity index is 1.63. The molecule has 4 rings (SSSR count). The summed E-state index contributed by atoms with van der Waals surface area (Å²) in [6.07, 6.45) is 1.99. The molecule has 2 amide bonds. The number of aromatic nitrogens is 1. The van der Waals surface area contributed by atoms with Gasteiger partial charge >= 0.3 is 0 Å². The van der Waals surface area contributed by atoms with Crippen molar-refractivity contribution in [3.8, 4) is 5.75 Å². The van der Waals surface area contributed by atoms with Gasteiger partial charge in [0.15, 0.2) is 12.3 Å². The molecule has 1 aliphatic rings. The summed E-state index contributed by atoms with van der Waals surface area (Å²) in [6.45, 7) is 8.56. The van der Waals surface area contributed by atoms with Crippen LogP contribution in [0.4, 0.5) is 4.39 Å². The molecule has 8 heteroatoms. The number of hydrogen-bond donors (Lipinski definition) is 1. The quantitative estimate of drug-likeness (QED) is 0.556. The number of fused-ring (bicyclic) bond motifs is 1. The second-order valence-corrected chi connectivity index (χ2v) is 9.59. The number of carbonyl (C=O) groups excluding carboxylic acids is 2. The number of carbonyl (C=O) groups is 2. The normalized spacial score (nSPS) is 15.5. The summed E-state index contributed by atoms with van der Waals surface area (Å²) in [4.78, 5) is 31.3. The minimum atomic E-state index is -0.579. The maximum absolute atomic E-state index is 14.2. The van der Waals surface area contributed by atoms with Crippen molar-refractivity contribution in [1.29, 1.82) is 0 Å². The zero-order valence-electron chi connectivity index (χ0n) is 20.4. The minimum Gasteiger partial charge on any atom is -0.484 e. The molecule has 0 aliphatic carbocycles. The largest absolute Gasteiger partial charge is 0.484 e. The molecule has 1 aromatic heterocycles. The number of halogens is 1. The molecule has 184 valence electrons. The molecule has 0 spiro atoms. The van der Waals surface area contributed by atoms with Crippen LogP contribution in [0.25, 0.3) is 0 Å². The summed E-state index contributed by atoms with van der Waals surface area (Å²) in [5.41, 5.74) is 2.30. The third-order valence-electron chi connectivity index (χ3n) is 5.90. The Morgan fingerprint density at radius 1 is 1.23 bits per heavy atom. The number of ether oxygens (including phenoxy) is 1. The van der Waals surface area contributed by atoms with E-state index in [0.29, 0.717) is 30.8 Å². The zero-order chi connectivity index (χ0) is 25.2. The first-order valence-electron chi connectivity index (χ1n) is 11.7. The molecule has 0 unspecified atom stereocenters. The lowest BCUT2D eigenvalue weighted by Gasteiger charge is -2.41. The summed E-state index contributed by atoms with van der Waals surface area (Å²) in [7, 11) is 0. The molecule has 1 atom stereocenters. The van der Waals surface area contributed by atoms with Crippen LogP contribution in [0.2, 0.25) is 0 Å². The smallest absolute Gasteiger partial charge is 0.273 e. The lowest BCUT2D eigenvalue weighted by atomic mass is 9.85. The standard InChI is InChI=1S/C27H30FN3O4/c1-5-29-25(32)22-15-35-23(30-22)16-34-20-10-9-17-11-12-31(26(33)27(2,3)4)24(21(17)14-20)18-7-6-8-19(28)13-18/h6-10,13-15,24H,5,11-12,16H2,1-4H3,(H,29,32)/t24-/m1/s1. The number of nitrogens with one attached hydrogen (secondary N) is 1. The van der Waals surface area contributed by atoms with E-state index in [1.165, 1.54) is 18.4 Å². The van der Waals surface area contributed by atoms with Crippen molar-refractivity contribution in [3.05, 3.63) is 82.8 Å². The Labute approximate surface area is 204 Å². The molecular formula is C27H30FN3O4. The van der Waals surface area contributed by atoms with Crippen molar-refractivity contribution in [1.82, 2.24) is 15.2 Å². The molecule has 0 saturated heterocycles. The molecule has 0 fully saturated rings. The van der Waals surface area contributed by atoms with E-state index < -0.39 is 11.5 Å². The summed E-state index contributed by atoms with van der Waals surface area (Å²) >= 11 is 0. The molecule has 0 radical (unpaired) electrons. The topological polar surface area (TPSA) is 84.7 Å². The van der Waals surface area contributed by atoms with Gasteiger partial charge < -0.3 is 19.4 Å². The van der Waals surface area contributed by atoms with Crippen LogP contribution in [0.5, 0.6) is 5.75 Å². The van der Waals surface area contributed by atoms with Gasteiger partial charge in [0, 0.05) is 18.5 Å². The van der Waals surface area contributed by atoms with Gasteiger partial charge in [-0.2, -0.15) is 0 Å². The molecule has 2 heterocycles. The van der Waals surface area contributed by atoms with Gasteiger partial charge in [-0.05, 0) is 54.3 Å². The average molecular weight is 480 g/mol. The zero-order valence-corrected chi connectivity index (χ0v) is 20.4. The molecule has 1 aliphatic heterocycles. The number of rotatable bonds is 6. The first-order chi connectivity index (χ1) is 16.7. The van der Waals surface area contributed by atoms with Gasteiger partial charge in [-0.3, -0.25) is 9.59 Å². The molecule has 0 bridgehead atoms. The number of nitrogens with zero attached hydrogens (tertiary/aromatic N) is 2. The van der Waals surface area contributed by atoms with E-state index in [9.17, 15) is 14.0 Å². The molecule has 7 nitrogen and oxygen atoms in total. The Morgan fingerprint density at radius 3 is 2.74 bits per heavy atom. The molecule has 0 saturated carbocycles. The van der Waals surface area contributed by atoms with E-state index in [-0.39, 0.29) is 35.8 Å². The van der Waals surface area contributed by atoms with Crippen LogP contribution in [0.15, 0.2) is 53.1 Å². The van der Waals surface area contributed by atoms with Crippen LogP contribution < -0.4 is 10.1 Å². The lowest BCUT2D eigenvalue weighted by Crippen LogP contribution is -2.45. The maximum Gasteiger partial charge on any atom is 0.273 e. The van der Waals surface area contributed by atoms with Crippen molar-refractivity contribution in [2.75, 3.05) is 13.1 Å². The molecule has 2 aromatic carbocycles. The Hall–Kier alpha value is -3.68. The van der Waals surface area contributed by atoms with Gasteiger partial charge in [0.25, 0.3) is 5.91 Å². The van der Waals surface area contributed by atoms with E-state index in [0.717, 1.165) is 11.1 Å². The van der Waals surface area contributed by atoms with E-state index in [4.69, 9.17) is 9.15 Å². The van der Waals surface area contributed by atoms with E-state index >= 15 is 0 Å². The molecule has 35 heavy (non-hydrogen) atoms. The second kappa shape index (κ2) is 9.90. The predicted molar refractivity (Wildman–Crippen MR) is 128 cm³/mol. The average Bonchev–Trinajstić information content (AvgIpc) is 3.30. The van der Waals surface area contributed by atoms with Gasteiger partial charge in [0.2, 0.25) is 11.8 Å². The van der Waals surface area contributed by atoms with Crippen LogP contribution in [-0.2, 0) is 17.8 Å². The highest BCUT2D eigenvalue weighted by Crippen LogP contribution is 2.39. The summed E-state index contributed by atoms with van der Waals surface area (Å²) in [5, 5.41) is 2.67. The first-order valence-corrected chi connectivity index (χ1v) is 11.7. The third kappa shape index (κ3) is 5.37. The Kier molecular flexibility index (Phi) is 6.91. The van der Waals surface area contributed by atoms with Gasteiger partial charge in [0.05, 0.1) is 6.04 Å². The number of benzene rings is 2. The first kappa shape index (κ1) is 24.4. The molecule has 3 aromatic rings. The van der Waals surface area contributed by atoms with Crippen LogP contribution >= 0.6 is 0 Å². The van der Waals surface area contributed by atoms with Gasteiger partial charge in [-0.15, -0.1) is 0 Å². The summed E-state index contributed by atoms with van der Waals surface area (Å²) in [6, 6.07) is 11.7. The SMILES string of the molecule is CCNC(=O)c1coc(COc2ccc3c(c2)[C@@H](c2cccc(F)c2)N(C(=O)C(C)(C)C)CC3)n1. The highest BCUT2D eigenvalue weighted by molar-refractivity contribution is 5.91. The van der Waals surface area contributed by atoms with Crippen LogP contribution in [-0.4, -0.2) is 34.8 Å². The highest BCUT2D eigenvalue weighted by atomic mass is 19.1. The van der Waals surface area contributed by atoms with Gasteiger partial charge in [-0.25, -0.2) is 9.37 Å². The van der Waals surface area contributed by atoms with Crippen LogP contribution in [0, 0.1) is 11.2 Å². The van der Waals surface area contributed by atoms with Crippen molar-refractivity contribution < 1.29 is 23.1 Å². The predicted octanol–water partition coefficient (Wildman–Crippen LogP) is 4.66. The summed E-state index contributed by atoms with van der Waals surface area (Å²) in [5.74, 6) is 0.180. The van der Waals surface area contributed by atoms with E-state index in [1.807, 2.05) is 56.9 Å². The van der Waals surface area contributed by atoms with Crippen molar-refractivity contribution in [3.63, 3.8) is 0 Å². The fourth-order valence-corrected chi connectivity index (χ4v) is 4.25. The number of hydrogen-bond acceptors (Lipinski definition) is 5. The Morgan fingerprint density at radius 2 is 2.03 bits per heavy atom. The van der Waals surface area contributed by atoms with Gasteiger partial charge in [-0.1, -0.05) is 39.0 Å². The maximum atomic E-state index is 14.2. The highest BCUT2D eigenvalue weighted by Gasteiger charge is 2.37. The van der Waals surface area contributed by atoms with E-state index in [2.05, 4.69) is 10.3 Å². The Bertz CT molecular complexity index is 1230. The molecular weight excluding hydrogens is 449 g/mol. The number of amides is 2. The summed E-state index contributed by atoms with van der Waals surface area (Å²) < 4.78 is 25.5. The fraction of sp³-hybridized carbons (Fsp3) is 0.370.